The zero-order chi connectivity index (χ0) is 11.4. The zero-order valence-corrected chi connectivity index (χ0v) is 11.0. The molecule has 86 valence electrons. The minimum absolute atomic E-state index is 0.237. The van der Waals surface area contributed by atoms with Crippen molar-refractivity contribution < 1.29 is 0 Å². The highest BCUT2D eigenvalue weighted by molar-refractivity contribution is 7.18. The predicted octanol–water partition coefficient (Wildman–Crippen LogP) is 4.64. The van der Waals surface area contributed by atoms with E-state index in [-0.39, 0.29) is 5.38 Å². The lowest BCUT2D eigenvalue weighted by molar-refractivity contribution is 0.673. The van der Waals surface area contributed by atoms with Gasteiger partial charge >= 0.3 is 0 Å². The molecule has 1 heterocycles. The van der Waals surface area contributed by atoms with Gasteiger partial charge in [-0.25, -0.2) is 4.98 Å². The van der Waals surface area contributed by atoms with Crippen LogP contribution in [0.15, 0.2) is 24.3 Å². The largest absolute Gasteiger partial charge is 0.241 e. The van der Waals surface area contributed by atoms with E-state index in [0.717, 1.165) is 23.4 Å². The molecule has 0 aliphatic carbocycles. The molecule has 0 N–H and O–H groups in total. The average molecular weight is 254 g/mol. The number of para-hydroxylation sites is 1. The van der Waals surface area contributed by atoms with Crippen LogP contribution < -0.4 is 0 Å². The van der Waals surface area contributed by atoms with Crippen LogP contribution in [-0.2, 0) is 6.42 Å². The number of nitrogens with zero attached hydrogens (tertiary/aromatic N) is 1. The van der Waals surface area contributed by atoms with Gasteiger partial charge in [0, 0.05) is 11.8 Å². The third kappa shape index (κ3) is 2.96. The first-order chi connectivity index (χ1) is 7.79. The maximum absolute atomic E-state index is 6.29. The molecule has 3 heteroatoms. The quantitative estimate of drug-likeness (QED) is 0.708. The summed E-state index contributed by atoms with van der Waals surface area (Å²) in [6, 6.07) is 8.26. The monoisotopic (exact) mass is 253 g/mol. The molecule has 0 bridgehead atoms. The lowest BCUT2D eigenvalue weighted by atomic mass is 10.1. The van der Waals surface area contributed by atoms with Crippen LogP contribution >= 0.6 is 22.9 Å². The second-order valence-electron chi connectivity index (χ2n) is 4.02. The summed E-state index contributed by atoms with van der Waals surface area (Å²) < 4.78 is 1.26. The molecule has 1 atom stereocenters. The van der Waals surface area contributed by atoms with E-state index in [1.807, 2.05) is 6.07 Å². The molecular formula is C13H16ClNS. The summed E-state index contributed by atoms with van der Waals surface area (Å²) >= 11 is 8.05. The van der Waals surface area contributed by atoms with E-state index < -0.39 is 0 Å². The molecule has 0 saturated carbocycles. The van der Waals surface area contributed by atoms with Gasteiger partial charge in [0.1, 0.15) is 0 Å². The maximum atomic E-state index is 6.29. The number of rotatable bonds is 5. The van der Waals surface area contributed by atoms with Crippen LogP contribution in [0.2, 0.25) is 0 Å². The Morgan fingerprint density at radius 2 is 2.19 bits per heavy atom. The van der Waals surface area contributed by atoms with Crippen molar-refractivity contribution in [3.8, 4) is 0 Å². The Bertz CT molecular complexity index is 419. The van der Waals surface area contributed by atoms with Crippen LogP contribution in [0.1, 0.15) is 31.2 Å². The van der Waals surface area contributed by atoms with E-state index in [1.54, 1.807) is 11.3 Å². The van der Waals surface area contributed by atoms with Crippen LogP contribution in [0, 0.1) is 0 Å². The molecule has 0 aliphatic rings. The summed E-state index contributed by atoms with van der Waals surface area (Å²) in [5.41, 5.74) is 1.10. The number of halogens is 1. The Balaban J connectivity index is 2.03. The second kappa shape index (κ2) is 5.65. The van der Waals surface area contributed by atoms with Gasteiger partial charge in [0.05, 0.1) is 15.2 Å². The van der Waals surface area contributed by atoms with Crippen molar-refractivity contribution in [2.24, 2.45) is 0 Å². The highest BCUT2D eigenvalue weighted by atomic mass is 35.5. The van der Waals surface area contributed by atoms with Crippen molar-refractivity contribution in [1.82, 2.24) is 4.98 Å². The summed E-state index contributed by atoms with van der Waals surface area (Å²) in [5, 5.41) is 1.40. The van der Waals surface area contributed by atoms with Gasteiger partial charge < -0.3 is 0 Å². The van der Waals surface area contributed by atoms with E-state index in [9.17, 15) is 0 Å². The smallest absolute Gasteiger partial charge is 0.0953 e. The summed E-state index contributed by atoms with van der Waals surface area (Å²) in [6.45, 7) is 2.20. The van der Waals surface area contributed by atoms with Gasteiger partial charge in [-0.05, 0) is 18.6 Å². The summed E-state index contributed by atoms with van der Waals surface area (Å²) in [4.78, 5) is 4.59. The van der Waals surface area contributed by atoms with Crippen LogP contribution in [0.25, 0.3) is 10.2 Å². The molecule has 16 heavy (non-hydrogen) atoms. The van der Waals surface area contributed by atoms with E-state index >= 15 is 0 Å². The molecule has 2 rings (SSSR count). The normalized spacial score (nSPS) is 13.1. The lowest BCUT2D eigenvalue weighted by Crippen LogP contribution is -2.02. The van der Waals surface area contributed by atoms with Crippen LogP contribution in [0.4, 0.5) is 0 Å². The standard InChI is InChI=1S/C13H16ClNS/c1-2-3-6-10(14)9-13-15-11-7-4-5-8-12(11)16-13/h4-5,7-8,10H,2-3,6,9H2,1H3. The van der Waals surface area contributed by atoms with Gasteiger partial charge in [-0.1, -0.05) is 31.9 Å². The molecule has 0 radical (unpaired) electrons. The third-order valence-corrected chi connectivity index (χ3v) is 4.04. The Hall–Kier alpha value is -0.600. The van der Waals surface area contributed by atoms with Gasteiger partial charge in [-0.15, -0.1) is 22.9 Å². The first-order valence-corrected chi connectivity index (χ1v) is 7.03. The molecule has 0 fully saturated rings. The van der Waals surface area contributed by atoms with Crippen LogP contribution in [0.3, 0.4) is 0 Å². The van der Waals surface area contributed by atoms with Gasteiger partial charge in [0.15, 0.2) is 0 Å². The van der Waals surface area contributed by atoms with Gasteiger partial charge in [0.2, 0.25) is 0 Å². The van der Waals surface area contributed by atoms with Crippen molar-refractivity contribution in [1.29, 1.82) is 0 Å². The Kier molecular flexibility index (Phi) is 4.19. The topological polar surface area (TPSA) is 12.9 Å². The van der Waals surface area contributed by atoms with Gasteiger partial charge in [-0.2, -0.15) is 0 Å². The molecule has 1 nitrogen and oxygen atoms in total. The fraction of sp³-hybridized carbons (Fsp3) is 0.462. The van der Waals surface area contributed by atoms with Crippen LogP contribution in [-0.4, -0.2) is 10.4 Å². The molecule has 2 aromatic rings. The van der Waals surface area contributed by atoms with Crippen molar-refractivity contribution in [2.75, 3.05) is 0 Å². The average Bonchev–Trinajstić information content (AvgIpc) is 2.68. The molecule has 1 unspecified atom stereocenters. The van der Waals surface area contributed by atoms with Gasteiger partial charge in [0.25, 0.3) is 0 Å². The number of benzene rings is 1. The number of unbranched alkanes of at least 4 members (excludes halogenated alkanes) is 1. The number of hydrogen-bond acceptors (Lipinski definition) is 2. The van der Waals surface area contributed by atoms with Crippen molar-refractivity contribution in [2.45, 2.75) is 38.0 Å². The van der Waals surface area contributed by atoms with Gasteiger partial charge in [-0.3, -0.25) is 0 Å². The van der Waals surface area contributed by atoms with Crippen molar-refractivity contribution in [3.05, 3.63) is 29.3 Å². The van der Waals surface area contributed by atoms with E-state index in [4.69, 9.17) is 11.6 Å². The molecular weight excluding hydrogens is 238 g/mol. The molecule has 1 aromatic heterocycles. The molecule has 0 aliphatic heterocycles. The number of fused-ring (bicyclic) bond motifs is 1. The number of thiazole rings is 1. The maximum Gasteiger partial charge on any atom is 0.0953 e. The third-order valence-electron chi connectivity index (χ3n) is 2.61. The molecule has 1 aromatic carbocycles. The number of aromatic nitrogens is 1. The first-order valence-electron chi connectivity index (χ1n) is 5.78. The highest BCUT2D eigenvalue weighted by Crippen LogP contribution is 2.24. The van der Waals surface area contributed by atoms with Crippen molar-refractivity contribution in [3.63, 3.8) is 0 Å². The SMILES string of the molecule is CCCCC(Cl)Cc1nc2ccccc2s1. The fourth-order valence-electron chi connectivity index (χ4n) is 1.72. The zero-order valence-electron chi connectivity index (χ0n) is 9.45. The van der Waals surface area contributed by atoms with Crippen molar-refractivity contribution >= 4 is 33.2 Å². The van der Waals surface area contributed by atoms with E-state index in [1.165, 1.54) is 17.5 Å². The predicted molar refractivity (Wildman–Crippen MR) is 72.5 cm³/mol. The second-order valence-corrected chi connectivity index (χ2v) is 5.75. The summed E-state index contributed by atoms with van der Waals surface area (Å²) in [7, 11) is 0. The Morgan fingerprint density at radius 3 is 2.94 bits per heavy atom. The number of alkyl halides is 1. The molecule has 0 spiro atoms. The number of hydrogen-bond donors (Lipinski definition) is 0. The minimum Gasteiger partial charge on any atom is -0.241 e. The first kappa shape index (κ1) is 11.9. The summed E-state index contributed by atoms with van der Waals surface area (Å²) in [5.74, 6) is 0. The Morgan fingerprint density at radius 1 is 1.38 bits per heavy atom. The van der Waals surface area contributed by atoms with Crippen LogP contribution in [0.5, 0.6) is 0 Å². The molecule has 0 saturated heterocycles. The lowest BCUT2D eigenvalue weighted by Gasteiger charge is -2.05. The minimum atomic E-state index is 0.237. The Labute approximate surface area is 105 Å². The van der Waals surface area contributed by atoms with E-state index in [0.29, 0.717) is 0 Å². The highest BCUT2D eigenvalue weighted by Gasteiger charge is 2.09. The molecule has 0 amide bonds. The fourth-order valence-corrected chi connectivity index (χ4v) is 3.16. The summed E-state index contributed by atoms with van der Waals surface area (Å²) in [6.07, 6.45) is 4.41. The van der Waals surface area contributed by atoms with E-state index in [2.05, 4.69) is 30.1 Å².